The second kappa shape index (κ2) is 8.18. The number of nitrogens with zero attached hydrogens (tertiary/aromatic N) is 2. The van der Waals surface area contributed by atoms with E-state index >= 15 is 0 Å². The molecule has 5 nitrogen and oxygen atoms in total. The highest BCUT2D eigenvalue weighted by atomic mass is 35.5. The molecular weight excluding hydrogens is 427 g/mol. The summed E-state index contributed by atoms with van der Waals surface area (Å²) in [5.41, 5.74) is 1.63. The number of fused-ring (bicyclic) bond motifs is 1. The molecule has 154 valence electrons. The molecule has 0 fully saturated rings. The van der Waals surface area contributed by atoms with Crippen molar-refractivity contribution in [2.75, 3.05) is 11.4 Å². The van der Waals surface area contributed by atoms with Crippen LogP contribution in [-0.4, -0.2) is 25.2 Å². The molecule has 0 unspecified atom stereocenters. The van der Waals surface area contributed by atoms with Crippen molar-refractivity contribution in [1.82, 2.24) is 4.31 Å². The van der Waals surface area contributed by atoms with Gasteiger partial charge in [-0.15, -0.1) is 0 Å². The molecular formula is C22H18ClFN2O3S. The third-order valence-corrected chi connectivity index (χ3v) is 7.12. The van der Waals surface area contributed by atoms with Gasteiger partial charge in [-0.3, -0.25) is 4.79 Å². The number of anilines is 1. The van der Waals surface area contributed by atoms with Crippen LogP contribution in [0.3, 0.4) is 0 Å². The quantitative estimate of drug-likeness (QED) is 0.605. The van der Waals surface area contributed by atoms with Crippen LogP contribution < -0.4 is 4.90 Å². The molecule has 1 heterocycles. The van der Waals surface area contributed by atoms with Gasteiger partial charge in [-0.05, 0) is 35.4 Å². The van der Waals surface area contributed by atoms with E-state index in [9.17, 15) is 17.6 Å². The zero-order valence-corrected chi connectivity index (χ0v) is 17.4. The number of amides is 1. The summed E-state index contributed by atoms with van der Waals surface area (Å²) in [5, 5.41) is 0.108. The lowest BCUT2D eigenvalue weighted by Crippen LogP contribution is -2.38. The third-order valence-electron chi connectivity index (χ3n) is 4.93. The van der Waals surface area contributed by atoms with Crippen LogP contribution >= 0.6 is 11.6 Å². The minimum Gasteiger partial charge on any atom is -0.305 e. The van der Waals surface area contributed by atoms with Gasteiger partial charge in [0.15, 0.2) is 0 Å². The Morgan fingerprint density at radius 1 is 0.933 bits per heavy atom. The van der Waals surface area contributed by atoms with Gasteiger partial charge in [-0.2, -0.15) is 4.31 Å². The van der Waals surface area contributed by atoms with Crippen LogP contribution in [0.15, 0.2) is 77.7 Å². The fourth-order valence-corrected chi connectivity index (χ4v) is 5.20. The number of rotatable bonds is 4. The molecule has 30 heavy (non-hydrogen) atoms. The van der Waals surface area contributed by atoms with E-state index in [0.29, 0.717) is 11.3 Å². The lowest BCUT2D eigenvalue weighted by Gasteiger charge is -2.22. The van der Waals surface area contributed by atoms with E-state index < -0.39 is 15.8 Å². The predicted octanol–water partition coefficient (Wildman–Crippen LogP) is 4.22. The predicted molar refractivity (Wildman–Crippen MR) is 113 cm³/mol. The van der Waals surface area contributed by atoms with Gasteiger partial charge < -0.3 is 4.90 Å². The molecule has 0 atom stereocenters. The van der Waals surface area contributed by atoms with E-state index in [4.69, 9.17) is 11.6 Å². The van der Waals surface area contributed by atoms with Crippen LogP contribution in [-0.2, 0) is 27.9 Å². The summed E-state index contributed by atoms with van der Waals surface area (Å²) in [6.07, 6.45) is 0. The van der Waals surface area contributed by atoms with Crippen LogP contribution in [0.1, 0.15) is 11.1 Å². The Kier molecular flexibility index (Phi) is 5.60. The molecule has 8 heteroatoms. The highest BCUT2D eigenvalue weighted by Gasteiger charge is 2.36. The minimum absolute atomic E-state index is 0.0463. The summed E-state index contributed by atoms with van der Waals surface area (Å²) < 4.78 is 41.2. The number of para-hydroxylation sites is 1. The second-order valence-electron chi connectivity index (χ2n) is 6.94. The number of halogens is 2. The molecule has 4 rings (SSSR count). The molecule has 1 aliphatic heterocycles. The molecule has 0 radical (unpaired) electrons. The van der Waals surface area contributed by atoms with Crippen molar-refractivity contribution in [3.05, 3.63) is 94.8 Å². The molecule has 0 N–H and O–H groups in total. The normalized spacial score (nSPS) is 16.2. The van der Waals surface area contributed by atoms with E-state index in [0.717, 1.165) is 15.9 Å². The summed E-state index contributed by atoms with van der Waals surface area (Å²) in [6.45, 7) is -0.240. The van der Waals surface area contributed by atoms with E-state index in [1.807, 2.05) is 30.3 Å². The fourth-order valence-electron chi connectivity index (χ4n) is 3.41. The van der Waals surface area contributed by atoms with E-state index in [1.165, 1.54) is 23.1 Å². The smallest absolute Gasteiger partial charge is 0.245 e. The van der Waals surface area contributed by atoms with Crippen molar-refractivity contribution in [2.45, 2.75) is 18.0 Å². The Bertz CT molecular complexity index is 1200. The number of sulfonamides is 1. The highest BCUT2D eigenvalue weighted by Crippen LogP contribution is 2.33. The van der Waals surface area contributed by atoms with Gasteiger partial charge in [0.1, 0.15) is 10.7 Å². The number of hydrogen-bond donors (Lipinski definition) is 0. The van der Waals surface area contributed by atoms with Crippen molar-refractivity contribution in [3.8, 4) is 0 Å². The largest absolute Gasteiger partial charge is 0.305 e. The molecule has 1 aliphatic rings. The first kappa shape index (κ1) is 20.5. The molecule has 3 aromatic rings. The maximum absolute atomic E-state index is 13.4. The van der Waals surface area contributed by atoms with E-state index in [-0.39, 0.29) is 35.5 Å². The van der Waals surface area contributed by atoms with Gasteiger partial charge in [0.25, 0.3) is 0 Å². The third kappa shape index (κ3) is 3.96. The highest BCUT2D eigenvalue weighted by molar-refractivity contribution is 7.89. The Balaban J connectivity index is 1.76. The number of benzene rings is 3. The van der Waals surface area contributed by atoms with Gasteiger partial charge in [0, 0.05) is 11.6 Å². The fraction of sp³-hybridized carbons (Fsp3) is 0.136. The van der Waals surface area contributed by atoms with Crippen LogP contribution in [0.25, 0.3) is 0 Å². The number of carbonyl (C=O) groups excluding carboxylic acids is 1. The molecule has 0 bridgehead atoms. The monoisotopic (exact) mass is 444 g/mol. The van der Waals surface area contributed by atoms with Crippen molar-refractivity contribution >= 4 is 33.2 Å². The Morgan fingerprint density at radius 2 is 1.63 bits per heavy atom. The van der Waals surface area contributed by atoms with Gasteiger partial charge >= 0.3 is 0 Å². The minimum atomic E-state index is -3.98. The second-order valence-corrected chi connectivity index (χ2v) is 9.26. The first-order valence-corrected chi connectivity index (χ1v) is 11.1. The van der Waals surface area contributed by atoms with Gasteiger partial charge in [-0.25, -0.2) is 12.8 Å². The maximum Gasteiger partial charge on any atom is 0.245 e. The zero-order chi connectivity index (χ0) is 21.3. The number of hydrogen-bond acceptors (Lipinski definition) is 3. The Labute approximate surface area is 179 Å². The lowest BCUT2D eigenvalue weighted by molar-refractivity contribution is -0.119. The van der Waals surface area contributed by atoms with Crippen molar-refractivity contribution in [2.24, 2.45) is 0 Å². The lowest BCUT2D eigenvalue weighted by atomic mass is 10.2. The SMILES string of the molecule is O=C1CN(Cc2ccc(F)cc2Cl)S(=O)(=O)c2ccccc2N1Cc1ccccc1. The van der Waals surface area contributed by atoms with Crippen molar-refractivity contribution in [3.63, 3.8) is 0 Å². The summed E-state index contributed by atoms with van der Waals surface area (Å²) in [6, 6.07) is 19.6. The molecule has 1 amide bonds. The summed E-state index contributed by atoms with van der Waals surface area (Å²) in [7, 11) is -3.98. The number of carbonyl (C=O) groups is 1. The average molecular weight is 445 g/mol. The van der Waals surface area contributed by atoms with Crippen LogP contribution in [0.4, 0.5) is 10.1 Å². The molecule has 0 aliphatic carbocycles. The van der Waals surface area contributed by atoms with E-state index in [1.54, 1.807) is 18.2 Å². The summed E-state index contributed by atoms with van der Waals surface area (Å²) in [4.78, 5) is 14.7. The summed E-state index contributed by atoms with van der Waals surface area (Å²) >= 11 is 6.10. The molecule has 0 saturated carbocycles. The molecule has 0 saturated heterocycles. The maximum atomic E-state index is 13.4. The van der Waals surface area contributed by atoms with Crippen molar-refractivity contribution < 1.29 is 17.6 Å². The van der Waals surface area contributed by atoms with E-state index in [2.05, 4.69) is 0 Å². The first-order chi connectivity index (χ1) is 14.4. The Morgan fingerprint density at radius 3 is 2.37 bits per heavy atom. The molecule has 0 spiro atoms. The molecule has 0 aromatic heterocycles. The van der Waals surface area contributed by atoms with Crippen LogP contribution in [0.5, 0.6) is 0 Å². The van der Waals surface area contributed by atoms with Crippen molar-refractivity contribution in [1.29, 1.82) is 0 Å². The van der Waals surface area contributed by atoms with Gasteiger partial charge in [-0.1, -0.05) is 60.1 Å². The van der Waals surface area contributed by atoms with Gasteiger partial charge in [0.05, 0.1) is 18.8 Å². The summed E-state index contributed by atoms with van der Waals surface area (Å²) in [5.74, 6) is -0.872. The van der Waals surface area contributed by atoms with Crippen LogP contribution in [0, 0.1) is 5.82 Å². The topological polar surface area (TPSA) is 57.7 Å². The van der Waals surface area contributed by atoms with Crippen LogP contribution in [0.2, 0.25) is 5.02 Å². The standard InChI is InChI=1S/C22H18ClFN2O3S/c23-19-12-18(24)11-10-17(19)14-25-15-22(27)26(13-16-6-2-1-3-7-16)20-8-4-5-9-21(20)30(25,28)29/h1-12H,13-15H2. The first-order valence-electron chi connectivity index (χ1n) is 9.23. The Hall–Kier alpha value is -2.74. The zero-order valence-electron chi connectivity index (χ0n) is 15.8. The molecule has 3 aromatic carbocycles. The average Bonchev–Trinajstić information content (AvgIpc) is 2.80. The van der Waals surface area contributed by atoms with Gasteiger partial charge in [0.2, 0.25) is 15.9 Å².